The minimum absolute atomic E-state index is 0.116. The number of nitrogens with one attached hydrogen (secondary N) is 1. The van der Waals surface area contributed by atoms with Crippen molar-refractivity contribution in [3.8, 4) is 11.8 Å². The van der Waals surface area contributed by atoms with Crippen molar-refractivity contribution in [2.45, 2.75) is 26.1 Å². The zero-order valence-corrected chi connectivity index (χ0v) is 15.6. The highest BCUT2D eigenvalue weighted by Crippen LogP contribution is 2.29. The summed E-state index contributed by atoms with van der Waals surface area (Å²) in [5.41, 5.74) is 2.42. The molecule has 3 N–H and O–H groups in total. The van der Waals surface area contributed by atoms with Gasteiger partial charge in [-0.1, -0.05) is 17.7 Å². The maximum absolute atomic E-state index is 10.2. The number of aliphatic hydroxyl groups is 1. The molecule has 2 atom stereocenters. The summed E-state index contributed by atoms with van der Waals surface area (Å²) in [6, 6.07) is 12.0. The molecule has 2 aromatic carbocycles. The van der Waals surface area contributed by atoms with E-state index in [2.05, 4.69) is 10.4 Å². The molecule has 8 heteroatoms. The number of phenols is 1. The Hall–Kier alpha value is -2.95. The Kier molecular flexibility index (Phi) is 5.40. The van der Waals surface area contributed by atoms with Gasteiger partial charge in [-0.25, -0.2) is 5.01 Å². The van der Waals surface area contributed by atoms with Crippen molar-refractivity contribution in [2.75, 3.05) is 12.0 Å². The van der Waals surface area contributed by atoms with Crippen LogP contribution < -0.4 is 5.32 Å². The van der Waals surface area contributed by atoms with Crippen molar-refractivity contribution in [1.29, 1.82) is 5.26 Å². The Bertz CT molecular complexity index is 924. The molecule has 2 aromatic rings. The lowest BCUT2D eigenvalue weighted by molar-refractivity contribution is 0.0493. The minimum Gasteiger partial charge on any atom is -0.508 e. The largest absolute Gasteiger partial charge is 0.508 e. The predicted molar refractivity (Wildman–Crippen MR) is 102 cm³/mol. The summed E-state index contributed by atoms with van der Waals surface area (Å²) < 4.78 is 5.61. The van der Waals surface area contributed by atoms with Crippen molar-refractivity contribution in [3.05, 3.63) is 58.1 Å². The molecule has 1 aliphatic rings. The second-order valence-corrected chi connectivity index (χ2v) is 6.59. The van der Waals surface area contributed by atoms with E-state index in [0.717, 1.165) is 0 Å². The Morgan fingerprint density at radius 2 is 2.15 bits per heavy atom. The molecule has 0 saturated heterocycles. The topological polar surface area (TPSA) is 101 Å². The number of benzene rings is 2. The van der Waals surface area contributed by atoms with Gasteiger partial charge < -0.3 is 20.3 Å². The molecule has 0 aromatic heterocycles. The Balaban J connectivity index is 1.85. The van der Waals surface area contributed by atoms with Gasteiger partial charge >= 0.3 is 0 Å². The van der Waals surface area contributed by atoms with Crippen LogP contribution in [0.2, 0.25) is 5.02 Å². The van der Waals surface area contributed by atoms with Crippen LogP contribution in [0.15, 0.2) is 41.5 Å². The highest BCUT2D eigenvalue weighted by Gasteiger charge is 2.29. The molecule has 1 heterocycles. The third-order valence-electron chi connectivity index (χ3n) is 4.23. The molecule has 7 nitrogen and oxygen atoms in total. The van der Waals surface area contributed by atoms with E-state index in [4.69, 9.17) is 21.6 Å². The third-order valence-corrected chi connectivity index (χ3v) is 4.72. The van der Waals surface area contributed by atoms with E-state index in [1.54, 1.807) is 55.3 Å². The second kappa shape index (κ2) is 7.74. The highest BCUT2D eigenvalue weighted by molar-refractivity contribution is 6.32. The Morgan fingerprint density at radius 3 is 2.81 bits per heavy atom. The van der Waals surface area contributed by atoms with Gasteiger partial charge in [-0.3, -0.25) is 0 Å². The average Bonchev–Trinajstić information content (AvgIpc) is 3.12. The van der Waals surface area contributed by atoms with Crippen LogP contribution in [0.5, 0.6) is 5.75 Å². The van der Waals surface area contributed by atoms with Gasteiger partial charge in [-0.05, 0) is 49.7 Å². The molecule has 0 fully saturated rings. The lowest BCUT2D eigenvalue weighted by atomic mass is 10.1. The fraction of sp³-hybridized carbons (Fsp3) is 0.263. The van der Waals surface area contributed by atoms with Gasteiger partial charge in [0.1, 0.15) is 18.0 Å². The normalized spacial score (nSPS) is 15.5. The molecular weight excluding hydrogens is 368 g/mol. The van der Waals surface area contributed by atoms with E-state index >= 15 is 0 Å². The molecule has 0 bridgehead atoms. The number of aromatic hydroxyl groups is 1. The summed E-state index contributed by atoms with van der Waals surface area (Å²) in [7, 11) is 0. The number of rotatable bonds is 5. The number of hydrogen-bond donors (Lipinski definition) is 3. The first-order valence-electron chi connectivity index (χ1n) is 8.32. The molecule has 27 heavy (non-hydrogen) atoms. The van der Waals surface area contributed by atoms with E-state index in [1.165, 1.54) is 0 Å². The SMILES string of the molecule is Cc1c(N[C@H]([C@@H](C)O)N2COC(c3cccc(O)c3)=N2)ccc(C#N)c1Cl. The number of ether oxygens (including phenoxy) is 1. The first-order chi connectivity index (χ1) is 12.9. The fourth-order valence-corrected chi connectivity index (χ4v) is 2.96. The van der Waals surface area contributed by atoms with Crippen molar-refractivity contribution >= 4 is 23.2 Å². The summed E-state index contributed by atoms with van der Waals surface area (Å²) in [5, 5.41) is 38.5. The number of aliphatic hydroxyl groups excluding tert-OH is 1. The zero-order valence-electron chi connectivity index (χ0n) is 14.8. The van der Waals surface area contributed by atoms with Gasteiger partial charge in [-0.2, -0.15) is 5.26 Å². The van der Waals surface area contributed by atoms with E-state index in [-0.39, 0.29) is 12.5 Å². The van der Waals surface area contributed by atoms with Crippen LogP contribution >= 0.6 is 11.6 Å². The van der Waals surface area contributed by atoms with Crippen molar-refractivity contribution in [2.24, 2.45) is 5.10 Å². The zero-order chi connectivity index (χ0) is 19.6. The number of nitrogens with zero attached hydrogens (tertiary/aromatic N) is 3. The van der Waals surface area contributed by atoms with Gasteiger partial charge in [0.2, 0.25) is 5.90 Å². The molecule has 0 aliphatic carbocycles. The molecule has 0 radical (unpaired) electrons. The van der Waals surface area contributed by atoms with Gasteiger partial charge in [0.25, 0.3) is 0 Å². The first kappa shape index (κ1) is 18.8. The van der Waals surface area contributed by atoms with Crippen LogP contribution in [0.25, 0.3) is 0 Å². The Morgan fingerprint density at radius 1 is 1.37 bits per heavy atom. The summed E-state index contributed by atoms with van der Waals surface area (Å²) in [6.07, 6.45) is -1.36. The Labute approximate surface area is 162 Å². The fourth-order valence-electron chi connectivity index (χ4n) is 2.76. The van der Waals surface area contributed by atoms with Crippen molar-refractivity contribution < 1.29 is 14.9 Å². The van der Waals surface area contributed by atoms with E-state index < -0.39 is 12.3 Å². The van der Waals surface area contributed by atoms with Gasteiger partial charge in [-0.15, -0.1) is 5.10 Å². The second-order valence-electron chi connectivity index (χ2n) is 6.21. The molecule has 1 aliphatic heterocycles. The summed E-state index contributed by atoms with van der Waals surface area (Å²) in [5.74, 6) is 0.471. The van der Waals surface area contributed by atoms with Gasteiger partial charge in [0.05, 0.1) is 16.7 Å². The molecule has 140 valence electrons. The lowest BCUT2D eigenvalue weighted by Crippen LogP contribution is -2.44. The molecule has 0 spiro atoms. The van der Waals surface area contributed by atoms with Crippen molar-refractivity contribution in [1.82, 2.24) is 5.01 Å². The van der Waals surface area contributed by atoms with Crippen LogP contribution in [0.4, 0.5) is 5.69 Å². The van der Waals surface area contributed by atoms with Crippen LogP contribution in [-0.2, 0) is 4.74 Å². The van der Waals surface area contributed by atoms with Crippen LogP contribution in [0, 0.1) is 18.3 Å². The smallest absolute Gasteiger partial charge is 0.240 e. The van der Waals surface area contributed by atoms with E-state index in [1.807, 2.05) is 6.07 Å². The number of nitriles is 1. The number of halogens is 1. The lowest BCUT2D eigenvalue weighted by Gasteiger charge is -2.29. The number of hydrazone groups is 1. The highest BCUT2D eigenvalue weighted by atomic mass is 35.5. The van der Waals surface area contributed by atoms with Crippen LogP contribution in [-0.4, -0.2) is 40.1 Å². The number of hydrogen-bond acceptors (Lipinski definition) is 7. The van der Waals surface area contributed by atoms with E-state index in [0.29, 0.717) is 33.3 Å². The van der Waals surface area contributed by atoms with Crippen LogP contribution in [0.1, 0.15) is 23.6 Å². The molecule has 0 unspecified atom stereocenters. The summed E-state index contributed by atoms with van der Waals surface area (Å²) in [4.78, 5) is 0. The molecule has 3 rings (SSSR count). The number of anilines is 1. The third kappa shape index (κ3) is 3.92. The minimum atomic E-state index is -0.783. The van der Waals surface area contributed by atoms with Crippen molar-refractivity contribution in [3.63, 3.8) is 0 Å². The maximum Gasteiger partial charge on any atom is 0.240 e. The van der Waals surface area contributed by atoms with Gasteiger partial charge in [0.15, 0.2) is 6.73 Å². The quantitative estimate of drug-likeness (QED) is 0.730. The van der Waals surface area contributed by atoms with Crippen LogP contribution in [0.3, 0.4) is 0 Å². The summed E-state index contributed by atoms with van der Waals surface area (Å²) in [6.45, 7) is 3.57. The number of phenolic OH excluding ortho intramolecular Hbond substituents is 1. The van der Waals surface area contributed by atoms with E-state index in [9.17, 15) is 10.2 Å². The molecular formula is C19H19ClN4O3. The maximum atomic E-state index is 10.2. The first-order valence-corrected chi connectivity index (χ1v) is 8.69. The van der Waals surface area contributed by atoms with Gasteiger partial charge in [0, 0.05) is 11.3 Å². The summed E-state index contributed by atoms with van der Waals surface area (Å²) >= 11 is 6.22. The standard InChI is InChI=1S/C19H19ClN4O3/c1-11-16(7-6-14(9-21)17(11)20)22-18(12(2)25)24-10-27-19(23-24)13-4-3-5-15(26)8-13/h3-8,12,18,22,25-26H,10H2,1-2H3/t12-,18+/m1/s1. The average molecular weight is 387 g/mol. The molecule has 0 amide bonds. The molecule has 0 saturated carbocycles. The predicted octanol–water partition coefficient (Wildman–Crippen LogP) is 3.00. The monoisotopic (exact) mass is 386 g/mol.